The predicted molar refractivity (Wildman–Crippen MR) is 97.8 cm³/mol. The highest BCUT2D eigenvalue weighted by atomic mass is 35.5. The number of nitrogens with zero attached hydrogens (tertiary/aromatic N) is 1. The molecule has 1 aliphatic rings. The van der Waals surface area contributed by atoms with Gasteiger partial charge in [0.15, 0.2) is 5.58 Å². The smallest absolute Gasteiger partial charge is 0.321 e. The van der Waals surface area contributed by atoms with E-state index in [9.17, 15) is 9.59 Å². The maximum absolute atomic E-state index is 12.6. The molecule has 2 aromatic rings. The van der Waals surface area contributed by atoms with Crippen LogP contribution in [-0.4, -0.2) is 29.9 Å². The summed E-state index contributed by atoms with van der Waals surface area (Å²) in [4.78, 5) is 25.6. The first-order valence-electron chi connectivity index (χ1n) is 8.47. The highest BCUT2D eigenvalue weighted by molar-refractivity contribution is 6.32. The van der Waals surface area contributed by atoms with Crippen molar-refractivity contribution >= 4 is 40.2 Å². The standard InChI is InChI=1S/C18H22ClN3O3/c1-3-15-10(2)13-7-12(19)8-14(16(13)25-15)21-18(24)22-6-4-5-11(9-22)17(20)23/h7-8,11H,3-6,9H2,1-2H3,(H2,20,23)(H,21,24). The fourth-order valence-corrected chi connectivity index (χ4v) is 3.57. The molecule has 7 heteroatoms. The molecule has 2 heterocycles. The Hall–Kier alpha value is -2.21. The van der Waals surface area contributed by atoms with E-state index in [0.29, 0.717) is 29.4 Å². The molecule has 134 valence electrons. The first-order valence-corrected chi connectivity index (χ1v) is 8.85. The van der Waals surface area contributed by atoms with Crippen molar-refractivity contribution in [3.05, 3.63) is 28.5 Å². The minimum atomic E-state index is -0.364. The normalized spacial score (nSPS) is 17.7. The van der Waals surface area contributed by atoms with E-state index in [4.69, 9.17) is 21.8 Å². The van der Waals surface area contributed by atoms with Crippen LogP contribution in [0.2, 0.25) is 5.02 Å². The number of likely N-dealkylation sites (tertiary alicyclic amines) is 1. The highest BCUT2D eigenvalue weighted by Crippen LogP contribution is 2.34. The number of carbonyl (C=O) groups is 2. The number of primary amides is 1. The van der Waals surface area contributed by atoms with Gasteiger partial charge in [0.1, 0.15) is 5.76 Å². The van der Waals surface area contributed by atoms with Gasteiger partial charge in [-0.2, -0.15) is 0 Å². The van der Waals surface area contributed by atoms with Crippen LogP contribution in [0.4, 0.5) is 10.5 Å². The van der Waals surface area contributed by atoms with Gasteiger partial charge in [0.2, 0.25) is 5.91 Å². The summed E-state index contributed by atoms with van der Waals surface area (Å²) in [5.41, 5.74) is 7.57. The lowest BCUT2D eigenvalue weighted by molar-refractivity contribution is -0.123. The van der Waals surface area contributed by atoms with Gasteiger partial charge in [-0.1, -0.05) is 18.5 Å². The Balaban J connectivity index is 1.87. The van der Waals surface area contributed by atoms with E-state index in [1.807, 2.05) is 19.9 Å². The Morgan fingerprint density at radius 2 is 2.20 bits per heavy atom. The molecule has 0 spiro atoms. The Morgan fingerprint density at radius 3 is 2.88 bits per heavy atom. The van der Waals surface area contributed by atoms with Gasteiger partial charge in [0.25, 0.3) is 0 Å². The number of urea groups is 1. The molecule has 25 heavy (non-hydrogen) atoms. The average Bonchev–Trinajstić information content (AvgIpc) is 2.91. The Labute approximate surface area is 151 Å². The monoisotopic (exact) mass is 363 g/mol. The molecule has 0 radical (unpaired) electrons. The van der Waals surface area contributed by atoms with E-state index in [1.165, 1.54) is 0 Å². The average molecular weight is 364 g/mol. The molecule has 1 saturated heterocycles. The van der Waals surface area contributed by atoms with Crippen LogP contribution in [0.5, 0.6) is 0 Å². The van der Waals surface area contributed by atoms with Crippen LogP contribution in [0.25, 0.3) is 11.0 Å². The van der Waals surface area contributed by atoms with Crippen molar-refractivity contribution in [2.24, 2.45) is 11.7 Å². The maximum Gasteiger partial charge on any atom is 0.321 e. The summed E-state index contributed by atoms with van der Waals surface area (Å²) in [6.07, 6.45) is 2.24. The Morgan fingerprint density at radius 1 is 1.44 bits per heavy atom. The van der Waals surface area contributed by atoms with E-state index in [1.54, 1.807) is 11.0 Å². The van der Waals surface area contributed by atoms with Crippen molar-refractivity contribution in [1.82, 2.24) is 4.90 Å². The summed E-state index contributed by atoms with van der Waals surface area (Å²) in [5.74, 6) is 0.216. The minimum Gasteiger partial charge on any atom is -0.459 e. The van der Waals surface area contributed by atoms with Crippen molar-refractivity contribution in [2.45, 2.75) is 33.1 Å². The molecule has 0 aliphatic carbocycles. The summed E-state index contributed by atoms with van der Waals surface area (Å²) in [7, 11) is 0. The zero-order valence-electron chi connectivity index (χ0n) is 14.4. The van der Waals surface area contributed by atoms with Gasteiger partial charge in [0.05, 0.1) is 11.6 Å². The second-order valence-electron chi connectivity index (χ2n) is 6.45. The summed E-state index contributed by atoms with van der Waals surface area (Å²) in [6, 6.07) is 3.25. The molecule has 0 bridgehead atoms. The van der Waals surface area contributed by atoms with Crippen molar-refractivity contribution in [3.8, 4) is 0 Å². The molecule has 1 aromatic heterocycles. The lowest BCUT2D eigenvalue weighted by atomic mass is 9.98. The maximum atomic E-state index is 12.6. The van der Waals surface area contributed by atoms with Crippen molar-refractivity contribution in [1.29, 1.82) is 0 Å². The van der Waals surface area contributed by atoms with E-state index >= 15 is 0 Å². The fourth-order valence-electron chi connectivity index (χ4n) is 3.35. The largest absolute Gasteiger partial charge is 0.459 e. The first kappa shape index (κ1) is 17.6. The summed E-state index contributed by atoms with van der Waals surface area (Å²) >= 11 is 6.21. The van der Waals surface area contributed by atoms with Crippen LogP contribution in [0, 0.1) is 12.8 Å². The summed E-state index contributed by atoms with van der Waals surface area (Å²) < 4.78 is 5.92. The number of furan rings is 1. The molecule has 1 unspecified atom stereocenters. The quantitative estimate of drug-likeness (QED) is 0.871. The molecule has 3 amide bonds. The van der Waals surface area contributed by atoms with Gasteiger partial charge in [-0.15, -0.1) is 0 Å². The van der Waals surface area contributed by atoms with Gasteiger partial charge >= 0.3 is 6.03 Å². The third kappa shape index (κ3) is 3.44. The van der Waals surface area contributed by atoms with Gasteiger partial charge in [-0.05, 0) is 37.5 Å². The molecule has 1 aromatic carbocycles. The number of aryl methyl sites for hydroxylation is 2. The molecule has 3 N–H and O–H groups in total. The zero-order valence-corrected chi connectivity index (χ0v) is 15.2. The lowest BCUT2D eigenvalue weighted by Gasteiger charge is -2.31. The first-order chi connectivity index (χ1) is 11.9. The second-order valence-corrected chi connectivity index (χ2v) is 6.89. The number of halogens is 1. The number of rotatable bonds is 3. The van der Waals surface area contributed by atoms with E-state index < -0.39 is 0 Å². The van der Waals surface area contributed by atoms with E-state index in [2.05, 4.69) is 5.32 Å². The number of carbonyl (C=O) groups excluding carboxylic acids is 2. The molecule has 1 fully saturated rings. The molecular weight excluding hydrogens is 342 g/mol. The van der Waals surface area contributed by atoms with Gasteiger partial charge in [-0.3, -0.25) is 4.79 Å². The van der Waals surface area contributed by atoms with Gasteiger partial charge < -0.3 is 20.4 Å². The highest BCUT2D eigenvalue weighted by Gasteiger charge is 2.27. The van der Waals surface area contributed by atoms with Crippen LogP contribution in [0.15, 0.2) is 16.5 Å². The third-order valence-electron chi connectivity index (χ3n) is 4.77. The lowest BCUT2D eigenvalue weighted by Crippen LogP contribution is -2.45. The number of nitrogens with two attached hydrogens (primary N) is 1. The number of piperidine rings is 1. The second kappa shape index (κ2) is 6.96. The molecule has 0 saturated carbocycles. The fraction of sp³-hybridized carbons (Fsp3) is 0.444. The number of fused-ring (bicyclic) bond motifs is 1. The number of anilines is 1. The summed E-state index contributed by atoms with van der Waals surface area (Å²) in [6.45, 7) is 4.93. The number of hydrogen-bond donors (Lipinski definition) is 2. The van der Waals surface area contributed by atoms with Crippen molar-refractivity contribution in [2.75, 3.05) is 18.4 Å². The van der Waals surface area contributed by atoms with Crippen molar-refractivity contribution in [3.63, 3.8) is 0 Å². The predicted octanol–water partition coefficient (Wildman–Crippen LogP) is 3.69. The minimum absolute atomic E-state index is 0.276. The molecule has 1 aliphatic heterocycles. The molecule has 1 atom stereocenters. The van der Waals surface area contributed by atoms with Crippen LogP contribution >= 0.6 is 11.6 Å². The van der Waals surface area contributed by atoms with Crippen molar-refractivity contribution < 1.29 is 14.0 Å². The number of amides is 3. The van der Waals surface area contributed by atoms with E-state index in [-0.39, 0.29) is 17.9 Å². The topological polar surface area (TPSA) is 88.6 Å². The number of nitrogens with one attached hydrogen (secondary N) is 1. The van der Waals surface area contributed by atoms with Crippen LogP contribution in [0.3, 0.4) is 0 Å². The van der Waals surface area contributed by atoms with Crippen LogP contribution < -0.4 is 11.1 Å². The SMILES string of the molecule is CCc1oc2c(NC(=O)N3CCCC(C(N)=O)C3)cc(Cl)cc2c1C. The third-order valence-corrected chi connectivity index (χ3v) is 4.99. The molecular formula is C18H22ClN3O3. The van der Waals surface area contributed by atoms with Crippen LogP contribution in [0.1, 0.15) is 31.1 Å². The zero-order chi connectivity index (χ0) is 18.1. The van der Waals surface area contributed by atoms with Gasteiger partial charge in [0, 0.05) is 29.9 Å². The molecule has 6 nitrogen and oxygen atoms in total. The van der Waals surface area contributed by atoms with E-state index in [0.717, 1.165) is 36.0 Å². The van der Waals surface area contributed by atoms with Gasteiger partial charge in [-0.25, -0.2) is 4.79 Å². The summed E-state index contributed by atoms with van der Waals surface area (Å²) in [5, 5.41) is 4.30. The number of benzene rings is 1. The Kier molecular flexibility index (Phi) is 4.90. The molecule has 3 rings (SSSR count). The van der Waals surface area contributed by atoms with Crippen LogP contribution in [-0.2, 0) is 11.2 Å². The Bertz CT molecular complexity index is 831. The number of hydrogen-bond acceptors (Lipinski definition) is 3.